The third-order valence-corrected chi connectivity index (χ3v) is 4.33. The molecule has 2 N–H and O–H groups in total. The number of benzene rings is 1. The Morgan fingerprint density at radius 3 is 2.92 bits per heavy atom. The first-order valence-corrected chi connectivity index (χ1v) is 8.57. The van der Waals surface area contributed by atoms with Gasteiger partial charge in [0.25, 0.3) is 11.5 Å². The minimum atomic E-state index is -0.369. The highest BCUT2D eigenvalue weighted by atomic mass is 32.1. The quantitative estimate of drug-likeness (QED) is 0.730. The van der Waals surface area contributed by atoms with E-state index in [4.69, 9.17) is 0 Å². The Bertz CT molecular complexity index is 993. The Morgan fingerprint density at radius 2 is 2.12 bits per heavy atom. The van der Waals surface area contributed by atoms with Crippen LogP contribution >= 0.6 is 11.3 Å². The molecule has 3 rings (SSSR count). The van der Waals surface area contributed by atoms with Crippen molar-refractivity contribution in [1.29, 1.82) is 0 Å². The molecule has 2 aromatic heterocycles. The summed E-state index contributed by atoms with van der Waals surface area (Å²) in [5.41, 5.74) is 0.696. The number of carbonyl (C=O) groups is 2. The summed E-state index contributed by atoms with van der Waals surface area (Å²) in [6, 6.07) is 8.32. The largest absolute Gasteiger partial charge is 0.352 e. The molecular weight excluding hydrogens is 340 g/mol. The van der Waals surface area contributed by atoms with E-state index in [1.807, 2.05) is 6.92 Å². The van der Waals surface area contributed by atoms with Gasteiger partial charge in [0.15, 0.2) is 0 Å². The first-order chi connectivity index (χ1) is 12.1. The molecule has 0 fully saturated rings. The Morgan fingerprint density at radius 1 is 1.28 bits per heavy atom. The van der Waals surface area contributed by atoms with E-state index in [0.717, 1.165) is 0 Å². The van der Waals surface area contributed by atoms with Gasteiger partial charge in [-0.15, -0.1) is 11.3 Å². The normalized spacial score (nSPS) is 10.6. The highest BCUT2D eigenvalue weighted by Crippen LogP contribution is 2.14. The number of fused-ring (bicyclic) bond motifs is 1. The molecule has 0 bridgehead atoms. The first kappa shape index (κ1) is 16.8. The predicted octanol–water partition coefficient (Wildman–Crippen LogP) is 1.85. The molecule has 0 atom stereocenters. The van der Waals surface area contributed by atoms with Crippen molar-refractivity contribution in [2.75, 3.05) is 11.9 Å². The van der Waals surface area contributed by atoms with Gasteiger partial charge in [0.05, 0.1) is 11.7 Å². The molecule has 25 heavy (non-hydrogen) atoms. The molecule has 128 valence electrons. The van der Waals surface area contributed by atoms with E-state index < -0.39 is 0 Å². The summed E-state index contributed by atoms with van der Waals surface area (Å²) in [5.74, 6) is -0.576. The molecule has 0 saturated heterocycles. The summed E-state index contributed by atoms with van der Waals surface area (Å²) in [7, 11) is 0. The van der Waals surface area contributed by atoms with Crippen molar-refractivity contribution in [2.45, 2.75) is 13.5 Å². The number of nitrogens with zero attached hydrogens (tertiary/aromatic N) is 2. The molecular formula is C17H16N4O3S. The topological polar surface area (TPSA) is 93.1 Å². The molecule has 2 heterocycles. The third-order valence-electron chi connectivity index (χ3n) is 3.51. The average molecular weight is 356 g/mol. The van der Waals surface area contributed by atoms with Crippen LogP contribution < -0.4 is 16.2 Å². The fraction of sp³-hybridized carbons (Fsp3) is 0.176. The van der Waals surface area contributed by atoms with Crippen molar-refractivity contribution >= 4 is 39.1 Å². The second-order valence-electron chi connectivity index (χ2n) is 5.31. The Hall–Kier alpha value is -3.00. The van der Waals surface area contributed by atoms with Gasteiger partial charge in [0.2, 0.25) is 5.91 Å². The van der Waals surface area contributed by atoms with Gasteiger partial charge in [-0.2, -0.15) is 0 Å². The summed E-state index contributed by atoms with van der Waals surface area (Å²) in [6.07, 6.45) is 1.37. The summed E-state index contributed by atoms with van der Waals surface area (Å²) in [6.45, 7) is 2.21. The van der Waals surface area contributed by atoms with E-state index in [9.17, 15) is 14.4 Å². The minimum Gasteiger partial charge on any atom is -0.352 e. The Labute approximate surface area is 147 Å². The second-order valence-corrected chi connectivity index (χ2v) is 6.20. The molecule has 0 aliphatic heterocycles. The summed E-state index contributed by atoms with van der Waals surface area (Å²) < 4.78 is 1.26. The van der Waals surface area contributed by atoms with Crippen LogP contribution in [0.2, 0.25) is 0 Å². The number of amides is 2. The highest BCUT2D eigenvalue weighted by Gasteiger charge is 2.10. The molecule has 0 radical (unpaired) electrons. The van der Waals surface area contributed by atoms with E-state index >= 15 is 0 Å². The van der Waals surface area contributed by atoms with Crippen LogP contribution in [0.25, 0.3) is 10.2 Å². The molecule has 0 aliphatic rings. The SMILES string of the molecule is CCNC(=O)c1cccc(NC(=O)Cn2cnc3sccc3c2=O)c1. The number of anilines is 1. The lowest BCUT2D eigenvalue weighted by Gasteiger charge is -2.09. The fourth-order valence-corrected chi connectivity index (χ4v) is 3.09. The summed E-state index contributed by atoms with van der Waals surface area (Å²) >= 11 is 1.38. The van der Waals surface area contributed by atoms with Crippen LogP contribution in [0.15, 0.2) is 46.8 Å². The van der Waals surface area contributed by atoms with E-state index in [-0.39, 0.29) is 23.9 Å². The van der Waals surface area contributed by atoms with Crippen molar-refractivity contribution in [2.24, 2.45) is 0 Å². The maximum atomic E-state index is 12.3. The van der Waals surface area contributed by atoms with Gasteiger partial charge in [0, 0.05) is 17.8 Å². The smallest absolute Gasteiger partial charge is 0.262 e. The van der Waals surface area contributed by atoms with Crippen molar-refractivity contribution in [3.63, 3.8) is 0 Å². The van der Waals surface area contributed by atoms with Gasteiger partial charge in [-0.25, -0.2) is 4.98 Å². The van der Waals surface area contributed by atoms with Gasteiger partial charge in [-0.3, -0.25) is 19.0 Å². The number of hydrogen-bond acceptors (Lipinski definition) is 5. The molecule has 0 aliphatic carbocycles. The summed E-state index contributed by atoms with van der Waals surface area (Å²) in [5, 5.41) is 7.68. The number of thiophene rings is 1. The van der Waals surface area contributed by atoms with Crippen LogP contribution in [0.4, 0.5) is 5.69 Å². The van der Waals surface area contributed by atoms with Gasteiger partial charge in [-0.1, -0.05) is 6.07 Å². The molecule has 7 nitrogen and oxygen atoms in total. The number of carbonyl (C=O) groups excluding carboxylic acids is 2. The van der Waals surface area contributed by atoms with Crippen LogP contribution in [-0.2, 0) is 11.3 Å². The van der Waals surface area contributed by atoms with E-state index in [1.165, 1.54) is 22.2 Å². The zero-order valence-corrected chi connectivity index (χ0v) is 14.3. The molecule has 8 heteroatoms. The van der Waals surface area contributed by atoms with Crippen molar-refractivity contribution < 1.29 is 9.59 Å². The van der Waals surface area contributed by atoms with Crippen LogP contribution in [0, 0.1) is 0 Å². The van der Waals surface area contributed by atoms with E-state index in [0.29, 0.717) is 28.0 Å². The number of nitrogens with one attached hydrogen (secondary N) is 2. The monoisotopic (exact) mass is 356 g/mol. The first-order valence-electron chi connectivity index (χ1n) is 7.69. The molecule has 0 unspecified atom stereocenters. The lowest BCUT2D eigenvalue weighted by Crippen LogP contribution is -2.27. The average Bonchev–Trinajstić information content (AvgIpc) is 3.07. The maximum Gasteiger partial charge on any atom is 0.262 e. The molecule has 0 spiro atoms. The number of aromatic nitrogens is 2. The van der Waals surface area contributed by atoms with Crippen molar-refractivity contribution in [3.8, 4) is 0 Å². The van der Waals surface area contributed by atoms with Crippen LogP contribution in [0.3, 0.4) is 0 Å². The van der Waals surface area contributed by atoms with Crippen LogP contribution in [0.1, 0.15) is 17.3 Å². The third kappa shape index (κ3) is 3.74. The van der Waals surface area contributed by atoms with Crippen LogP contribution in [-0.4, -0.2) is 27.9 Å². The molecule has 0 saturated carbocycles. The van der Waals surface area contributed by atoms with Gasteiger partial charge in [0.1, 0.15) is 11.4 Å². The van der Waals surface area contributed by atoms with Crippen molar-refractivity contribution in [1.82, 2.24) is 14.9 Å². The zero-order valence-electron chi connectivity index (χ0n) is 13.5. The summed E-state index contributed by atoms with van der Waals surface area (Å²) in [4.78, 5) is 41.2. The fourth-order valence-electron chi connectivity index (χ4n) is 2.36. The lowest BCUT2D eigenvalue weighted by atomic mass is 10.2. The maximum absolute atomic E-state index is 12.3. The molecule has 3 aromatic rings. The Kier molecular flexibility index (Phi) is 4.90. The second kappa shape index (κ2) is 7.27. The standard InChI is InChI=1S/C17H16N4O3S/c1-2-18-15(23)11-4-3-5-12(8-11)20-14(22)9-21-10-19-16-13(17(21)24)6-7-25-16/h3-8,10H,2,9H2,1H3,(H,18,23)(H,20,22). The van der Waals surface area contributed by atoms with E-state index in [2.05, 4.69) is 15.6 Å². The van der Waals surface area contributed by atoms with Gasteiger partial charge in [-0.05, 0) is 36.6 Å². The van der Waals surface area contributed by atoms with E-state index in [1.54, 1.807) is 35.7 Å². The van der Waals surface area contributed by atoms with Gasteiger partial charge < -0.3 is 10.6 Å². The number of hydrogen-bond donors (Lipinski definition) is 2. The zero-order chi connectivity index (χ0) is 17.8. The van der Waals surface area contributed by atoms with Crippen LogP contribution in [0.5, 0.6) is 0 Å². The van der Waals surface area contributed by atoms with Crippen molar-refractivity contribution in [3.05, 3.63) is 58.0 Å². The highest BCUT2D eigenvalue weighted by molar-refractivity contribution is 7.16. The molecule has 1 aromatic carbocycles. The Balaban J connectivity index is 1.74. The number of rotatable bonds is 5. The minimum absolute atomic E-state index is 0.150. The van der Waals surface area contributed by atoms with Gasteiger partial charge >= 0.3 is 0 Å². The molecule has 2 amide bonds. The lowest BCUT2D eigenvalue weighted by molar-refractivity contribution is -0.116. The predicted molar refractivity (Wildman–Crippen MR) is 97.0 cm³/mol.